The standard InChI is InChI=1S/C20H19ClN2O2/c1-14-18(23-20(25-14)16-5-3-2-4-6-16)11-12-19(24)22-13-15-7-9-17(21)10-8-15/h2-10H,11-13H2,1H3,(H,22,24). The van der Waals surface area contributed by atoms with E-state index in [0.717, 1.165) is 22.6 Å². The second-order valence-electron chi connectivity index (χ2n) is 5.79. The third-order valence-corrected chi connectivity index (χ3v) is 4.16. The minimum absolute atomic E-state index is 0.0152. The van der Waals surface area contributed by atoms with E-state index in [1.165, 1.54) is 0 Å². The number of nitrogens with one attached hydrogen (secondary N) is 1. The lowest BCUT2D eigenvalue weighted by molar-refractivity contribution is -0.121. The zero-order valence-electron chi connectivity index (χ0n) is 14.0. The van der Waals surface area contributed by atoms with Gasteiger partial charge in [0, 0.05) is 30.0 Å². The highest BCUT2D eigenvalue weighted by Crippen LogP contribution is 2.22. The molecule has 5 heteroatoms. The van der Waals surface area contributed by atoms with E-state index in [-0.39, 0.29) is 5.91 Å². The first kappa shape index (κ1) is 17.2. The quantitative estimate of drug-likeness (QED) is 0.706. The first-order valence-electron chi connectivity index (χ1n) is 8.14. The molecule has 0 unspecified atom stereocenters. The molecule has 128 valence electrons. The maximum atomic E-state index is 12.0. The van der Waals surface area contributed by atoms with Gasteiger partial charge in [0.15, 0.2) is 0 Å². The molecule has 0 aliphatic heterocycles. The highest BCUT2D eigenvalue weighted by molar-refractivity contribution is 6.30. The molecule has 0 atom stereocenters. The highest BCUT2D eigenvalue weighted by atomic mass is 35.5. The van der Waals surface area contributed by atoms with Gasteiger partial charge in [-0.3, -0.25) is 4.79 Å². The molecular formula is C20H19ClN2O2. The molecule has 2 aromatic carbocycles. The van der Waals surface area contributed by atoms with Crippen molar-refractivity contribution in [2.75, 3.05) is 0 Å². The van der Waals surface area contributed by atoms with Crippen LogP contribution in [0, 0.1) is 6.92 Å². The summed E-state index contributed by atoms with van der Waals surface area (Å²) in [6, 6.07) is 17.2. The molecule has 0 aliphatic rings. The van der Waals surface area contributed by atoms with Gasteiger partial charge < -0.3 is 9.73 Å². The van der Waals surface area contributed by atoms with E-state index in [2.05, 4.69) is 10.3 Å². The molecule has 0 bridgehead atoms. The van der Waals surface area contributed by atoms with Crippen molar-refractivity contribution >= 4 is 17.5 Å². The van der Waals surface area contributed by atoms with Gasteiger partial charge in [-0.05, 0) is 36.8 Å². The summed E-state index contributed by atoms with van der Waals surface area (Å²) in [6.07, 6.45) is 0.920. The smallest absolute Gasteiger partial charge is 0.226 e. The number of oxazole rings is 1. The lowest BCUT2D eigenvalue weighted by atomic mass is 10.2. The number of rotatable bonds is 6. The van der Waals surface area contributed by atoms with E-state index in [0.29, 0.717) is 30.3 Å². The second kappa shape index (κ2) is 7.99. The molecule has 3 aromatic rings. The predicted octanol–water partition coefficient (Wildman–Crippen LogP) is 4.55. The second-order valence-corrected chi connectivity index (χ2v) is 6.23. The van der Waals surface area contributed by atoms with Gasteiger partial charge >= 0.3 is 0 Å². The van der Waals surface area contributed by atoms with Gasteiger partial charge in [0.2, 0.25) is 11.8 Å². The Kier molecular flexibility index (Phi) is 5.51. The molecule has 0 saturated heterocycles. The molecule has 1 N–H and O–H groups in total. The fourth-order valence-electron chi connectivity index (χ4n) is 2.49. The summed E-state index contributed by atoms with van der Waals surface area (Å²) in [5.74, 6) is 1.33. The van der Waals surface area contributed by atoms with Crippen LogP contribution < -0.4 is 5.32 Å². The van der Waals surface area contributed by atoms with Crippen LogP contribution in [0.25, 0.3) is 11.5 Å². The van der Waals surface area contributed by atoms with Gasteiger partial charge in [-0.1, -0.05) is 41.9 Å². The Bertz CT molecular complexity index is 842. The molecule has 0 radical (unpaired) electrons. The summed E-state index contributed by atoms with van der Waals surface area (Å²) in [6.45, 7) is 2.36. The molecule has 0 fully saturated rings. The predicted molar refractivity (Wildman–Crippen MR) is 98.3 cm³/mol. The van der Waals surface area contributed by atoms with Crippen molar-refractivity contribution in [3.05, 3.63) is 76.6 Å². The zero-order chi connectivity index (χ0) is 17.6. The Hall–Kier alpha value is -2.59. The maximum absolute atomic E-state index is 12.0. The number of aryl methyl sites for hydroxylation is 2. The molecule has 1 amide bonds. The SMILES string of the molecule is Cc1oc(-c2ccccc2)nc1CCC(=O)NCc1ccc(Cl)cc1. The van der Waals surface area contributed by atoms with Gasteiger partial charge in [-0.15, -0.1) is 0 Å². The molecule has 0 saturated carbocycles. The van der Waals surface area contributed by atoms with Crippen LogP contribution in [0.2, 0.25) is 5.02 Å². The van der Waals surface area contributed by atoms with Gasteiger partial charge in [0.25, 0.3) is 0 Å². The molecular weight excluding hydrogens is 336 g/mol. The molecule has 25 heavy (non-hydrogen) atoms. The Morgan fingerprint density at radius 1 is 1.12 bits per heavy atom. The molecule has 3 rings (SSSR count). The van der Waals surface area contributed by atoms with E-state index in [4.69, 9.17) is 16.0 Å². The van der Waals surface area contributed by atoms with Crippen molar-refractivity contribution in [3.8, 4) is 11.5 Å². The van der Waals surface area contributed by atoms with Crippen molar-refractivity contribution < 1.29 is 9.21 Å². The summed E-state index contributed by atoms with van der Waals surface area (Å²) in [7, 11) is 0. The Labute approximate surface area is 151 Å². The Morgan fingerprint density at radius 2 is 1.84 bits per heavy atom. The normalized spacial score (nSPS) is 10.6. The van der Waals surface area contributed by atoms with Gasteiger partial charge in [-0.2, -0.15) is 0 Å². The van der Waals surface area contributed by atoms with Gasteiger partial charge in [0.05, 0.1) is 5.69 Å². The Balaban J connectivity index is 1.53. The van der Waals surface area contributed by atoms with Crippen LogP contribution in [0.3, 0.4) is 0 Å². The molecule has 1 heterocycles. The number of amides is 1. The number of hydrogen-bond acceptors (Lipinski definition) is 3. The molecule has 0 spiro atoms. The zero-order valence-corrected chi connectivity index (χ0v) is 14.7. The molecule has 0 aliphatic carbocycles. The number of hydrogen-bond donors (Lipinski definition) is 1. The van der Waals surface area contributed by atoms with Gasteiger partial charge in [0.1, 0.15) is 5.76 Å². The summed E-state index contributed by atoms with van der Waals surface area (Å²) in [5, 5.41) is 3.59. The van der Waals surface area contributed by atoms with Crippen LogP contribution >= 0.6 is 11.6 Å². The van der Waals surface area contributed by atoms with Crippen LogP contribution in [-0.4, -0.2) is 10.9 Å². The summed E-state index contributed by atoms with van der Waals surface area (Å²) in [5.41, 5.74) is 2.77. The van der Waals surface area contributed by atoms with Crippen molar-refractivity contribution in [2.24, 2.45) is 0 Å². The lowest BCUT2D eigenvalue weighted by Gasteiger charge is -2.05. The minimum Gasteiger partial charge on any atom is -0.441 e. The fourth-order valence-corrected chi connectivity index (χ4v) is 2.61. The average Bonchev–Trinajstić information content (AvgIpc) is 3.01. The monoisotopic (exact) mass is 354 g/mol. The summed E-state index contributed by atoms with van der Waals surface area (Å²) >= 11 is 5.85. The third-order valence-electron chi connectivity index (χ3n) is 3.91. The molecule has 4 nitrogen and oxygen atoms in total. The van der Waals surface area contributed by atoms with Crippen LogP contribution in [0.1, 0.15) is 23.4 Å². The van der Waals surface area contributed by atoms with E-state index in [1.54, 1.807) is 0 Å². The number of carbonyl (C=O) groups is 1. The highest BCUT2D eigenvalue weighted by Gasteiger charge is 2.12. The number of halogens is 1. The lowest BCUT2D eigenvalue weighted by Crippen LogP contribution is -2.23. The first-order valence-corrected chi connectivity index (χ1v) is 8.52. The van der Waals surface area contributed by atoms with Crippen molar-refractivity contribution in [1.82, 2.24) is 10.3 Å². The van der Waals surface area contributed by atoms with Crippen LogP contribution in [0.15, 0.2) is 59.0 Å². The molecule has 1 aromatic heterocycles. The van der Waals surface area contributed by atoms with Crippen molar-refractivity contribution in [3.63, 3.8) is 0 Å². The van der Waals surface area contributed by atoms with Crippen LogP contribution in [0.5, 0.6) is 0 Å². The van der Waals surface area contributed by atoms with Crippen LogP contribution in [-0.2, 0) is 17.8 Å². The minimum atomic E-state index is -0.0152. The number of benzene rings is 2. The maximum Gasteiger partial charge on any atom is 0.226 e. The van der Waals surface area contributed by atoms with E-state index >= 15 is 0 Å². The topological polar surface area (TPSA) is 55.1 Å². The fraction of sp³-hybridized carbons (Fsp3) is 0.200. The largest absolute Gasteiger partial charge is 0.441 e. The van der Waals surface area contributed by atoms with Crippen LogP contribution in [0.4, 0.5) is 0 Å². The number of nitrogens with zero attached hydrogens (tertiary/aromatic N) is 1. The van der Waals surface area contributed by atoms with E-state index in [9.17, 15) is 4.79 Å². The number of aromatic nitrogens is 1. The van der Waals surface area contributed by atoms with Crippen molar-refractivity contribution in [1.29, 1.82) is 0 Å². The average molecular weight is 355 g/mol. The first-order chi connectivity index (χ1) is 12.1. The number of carbonyl (C=O) groups excluding carboxylic acids is 1. The summed E-state index contributed by atoms with van der Waals surface area (Å²) in [4.78, 5) is 16.6. The van der Waals surface area contributed by atoms with E-state index in [1.807, 2.05) is 61.5 Å². The third kappa shape index (κ3) is 4.70. The van der Waals surface area contributed by atoms with Crippen molar-refractivity contribution in [2.45, 2.75) is 26.3 Å². The summed E-state index contributed by atoms with van der Waals surface area (Å²) < 4.78 is 5.72. The Morgan fingerprint density at radius 3 is 2.56 bits per heavy atom. The van der Waals surface area contributed by atoms with Gasteiger partial charge in [-0.25, -0.2) is 4.98 Å². The van der Waals surface area contributed by atoms with E-state index < -0.39 is 0 Å².